The summed E-state index contributed by atoms with van der Waals surface area (Å²) in [6.45, 7) is 9.10. The van der Waals surface area contributed by atoms with E-state index in [2.05, 4.69) is 22.4 Å². The van der Waals surface area contributed by atoms with Gasteiger partial charge in [0.05, 0.1) is 5.41 Å². The lowest BCUT2D eigenvalue weighted by atomic mass is 9.75. The van der Waals surface area contributed by atoms with Gasteiger partial charge in [-0.05, 0) is 38.5 Å². The van der Waals surface area contributed by atoms with Crippen molar-refractivity contribution in [3.05, 3.63) is 11.7 Å². The van der Waals surface area contributed by atoms with Crippen LogP contribution in [-0.2, 0) is 15.0 Å². The molecule has 7 nitrogen and oxygen atoms in total. The van der Waals surface area contributed by atoms with Gasteiger partial charge >= 0.3 is 0 Å². The minimum Gasteiger partial charge on any atom is -0.353 e. The van der Waals surface area contributed by atoms with Crippen molar-refractivity contribution >= 4 is 11.8 Å². The van der Waals surface area contributed by atoms with Crippen LogP contribution in [0.1, 0.15) is 77.4 Å². The zero-order valence-electron chi connectivity index (χ0n) is 18.2. The predicted octanol–water partition coefficient (Wildman–Crippen LogP) is 2.98. The van der Waals surface area contributed by atoms with Gasteiger partial charge in [-0.25, -0.2) is 0 Å². The van der Waals surface area contributed by atoms with E-state index in [4.69, 9.17) is 4.52 Å². The molecule has 0 unspecified atom stereocenters. The molecule has 2 saturated carbocycles. The van der Waals surface area contributed by atoms with E-state index in [0.29, 0.717) is 24.8 Å². The van der Waals surface area contributed by atoms with Crippen LogP contribution >= 0.6 is 0 Å². The summed E-state index contributed by atoms with van der Waals surface area (Å²) in [5.41, 5.74) is -0.596. The topological polar surface area (TPSA) is 88.3 Å². The first-order chi connectivity index (χ1) is 13.7. The van der Waals surface area contributed by atoms with Gasteiger partial charge in [0.2, 0.25) is 17.7 Å². The number of aromatic nitrogens is 2. The molecule has 1 aliphatic heterocycles. The van der Waals surface area contributed by atoms with Crippen LogP contribution in [0.25, 0.3) is 0 Å². The maximum absolute atomic E-state index is 13.1. The second-order valence-corrected chi connectivity index (χ2v) is 10.1. The summed E-state index contributed by atoms with van der Waals surface area (Å²) in [7, 11) is 0. The summed E-state index contributed by atoms with van der Waals surface area (Å²) in [4.78, 5) is 32.2. The van der Waals surface area contributed by atoms with Gasteiger partial charge in [-0.15, -0.1) is 0 Å². The predicted molar refractivity (Wildman–Crippen MR) is 108 cm³/mol. The van der Waals surface area contributed by atoms with Gasteiger partial charge in [0, 0.05) is 30.5 Å². The van der Waals surface area contributed by atoms with E-state index in [1.54, 1.807) is 0 Å². The zero-order chi connectivity index (χ0) is 20.8. The molecule has 0 bridgehead atoms. The van der Waals surface area contributed by atoms with E-state index in [1.165, 1.54) is 6.42 Å². The summed E-state index contributed by atoms with van der Waals surface area (Å²) in [5.74, 6) is 1.80. The van der Waals surface area contributed by atoms with Gasteiger partial charge in [-0.1, -0.05) is 45.2 Å². The smallest absolute Gasteiger partial charge is 0.235 e. The van der Waals surface area contributed by atoms with E-state index < -0.39 is 0 Å². The fraction of sp³-hybridized carbons (Fsp3) is 0.818. The maximum atomic E-state index is 13.1. The van der Waals surface area contributed by atoms with Crippen LogP contribution in [0.15, 0.2) is 4.52 Å². The molecule has 2 amide bonds. The Morgan fingerprint density at radius 3 is 2.59 bits per heavy atom. The molecule has 2 heterocycles. The summed E-state index contributed by atoms with van der Waals surface area (Å²) < 4.78 is 5.62. The Bertz CT molecular complexity index is 783. The Morgan fingerprint density at radius 1 is 1.24 bits per heavy atom. The van der Waals surface area contributed by atoms with Crippen molar-refractivity contribution in [2.75, 3.05) is 13.1 Å². The molecular weight excluding hydrogens is 368 g/mol. The fourth-order valence-electron chi connectivity index (χ4n) is 5.76. The van der Waals surface area contributed by atoms with E-state index in [1.807, 2.05) is 25.7 Å². The van der Waals surface area contributed by atoms with Gasteiger partial charge in [0.15, 0.2) is 5.82 Å². The number of hydrogen-bond acceptors (Lipinski definition) is 5. The molecule has 3 atom stereocenters. The molecule has 2 aliphatic carbocycles. The maximum Gasteiger partial charge on any atom is 0.235 e. The minimum absolute atomic E-state index is 0.0305. The summed E-state index contributed by atoms with van der Waals surface area (Å²) in [6.07, 6.45) is 7.05. The molecule has 0 spiro atoms. The SMILES string of the molecule is Cc1noc([C@]23C[C@H](NC(=O)C4(C)CCCCC4)C[C@H]2CN(C(=O)C(C)C)C3)n1. The number of amides is 2. The first kappa shape index (κ1) is 20.4. The van der Waals surface area contributed by atoms with Gasteiger partial charge in [0.25, 0.3) is 0 Å². The molecule has 160 valence electrons. The molecular formula is C22H34N4O3. The van der Waals surface area contributed by atoms with Crippen molar-refractivity contribution in [3.8, 4) is 0 Å². The molecule has 29 heavy (non-hydrogen) atoms. The standard InChI is InChI=1S/C22H34N4O3/c1-14(2)18(27)26-12-16-10-17(24-19(28)21(4)8-6-5-7-9-21)11-22(16,13-26)20-23-15(3)25-29-20/h14,16-17H,5-13H2,1-4H3,(H,24,28)/t16-,17+,22-/m0/s1. The van der Waals surface area contributed by atoms with Crippen molar-refractivity contribution in [2.45, 2.75) is 84.1 Å². The van der Waals surface area contributed by atoms with Gasteiger partial charge in [0.1, 0.15) is 0 Å². The number of aryl methyl sites for hydroxylation is 1. The third-order valence-electron chi connectivity index (χ3n) is 7.47. The molecule has 4 rings (SSSR count). The lowest BCUT2D eigenvalue weighted by Crippen LogP contribution is -2.46. The monoisotopic (exact) mass is 402 g/mol. The average Bonchev–Trinajstić information content (AvgIpc) is 3.34. The first-order valence-corrected chi connectivity index (χ1v) is 11.1. The van der Waals surface area contributed by atoms with Crippen LogP contribution in [0.3, 0.4) is 0 Å². The fourth-order valence-corrected chi connectivity index (χ4v) is 5.76. The number of nitrogens with one attached hydrogen (secondary N) is 1. The third kappa shape index (κ3) is 3.57. The average molecular weight is 403 g/mol. The third-order valence-corrected chi connectivity index (χ3v) is 7.47. The van der Waals surface area contributed by atoms with E-state index in [0.717, 1.165) is 38.5 Å². The van der Waals surface area contributed by atoms with Gasteiger partial charge < -0.3 is 14.7 Å². The quantitative estimate of drug-likeness (QED) is 0.836. The van der Waals surface area contributed by atoms with Gasteiger partial charge in [-0.2, -0.15) is 4.98 Å². The number of carbonyl (C=O) groups excluding carboxylic acids is 2. The van der Waals surface area contributed by atoms with Crippen molar-refractivity contribution in [3.63, 3.8) is 0 Å². The highest BCUT2D eigenvalue weighted by molar-refractivity contribution is 5.82. The number of hydrogen-bond donors (Lipinski definition) is 1. The van der Waals surface area contributed by atoms with E-state index >= 15 is 0 Å². The number of fused-ring (bicyclic) bond motifs is 1. The molecule has 1 aromatic rings. The largest absolute Gasteiger partial charge is 0.353 e. The Balaban J connectivity index is 1.53. The lowest BCUT2D eigenvalue weighted by Gasteiger charge is -2.33. The van der Waals surface area contributed by atoms with Crippen LogP contribution in [0.5, 0.6) is 0 Å². The second-order valence-electron chi connectivity index (χ2n) is 10.1. The minimum atomic E-state index is -0.350. The normalized spacial score (nSPS) is 31.1. The summed E-state index contributed by atoms with van der Waals surface area (Å²) in [5, 5.41) is 7.37. The number of nitrogens with zero attached hydrogens (tertiary/aromatic N) is 3. The molecule has 0 radical (unpaired) electrons. The van der Waals surface area contributed by atoms with Crippen molar-refractivity contribution < 1.29 is 14.1 Å². The Kier molecular flexibility index (Phi) is 5.20. The van der Waals surface area contributed by atoms with Crippen molar-refractivity contribution in [1.29, 1.82) is 0 Å². The summed E-state index contributed by atoms with van der Waals surface area (Å²) >= 11 is 0. The lowest BCUT2D eigenvalue weighted by molar-refractivity contribution is -0.134. The molecule has 3 fully saturated rings. The van der Waals surface area contributed by atoms with Crippen molar-refractivity contribution in [1.82, 2.24) is 20.4 Å². The molecule has 1 N–H and O–H groups in total. The second kappa shape index (κ2) is 7.40. The van der Waals surface area contributed by atoms with Crippen LogP contribution in [0.2, 0.25) is 0 Å². The van der Waals surface area contributed by atoms with E-state index in [9.17, 15) is 9.59 Å². The number of rotatable bonds is 4. The summed E-state index contributed by atoms with van der Waals surface area (Å²) in [6, 6.07) is 0.0924. The first-order valence-electron chi connectivity index (χ1n) is 11.1. The Labute approximate surface area is 173 Å². The van der Waals surface area contributed by atoms with Crippen LogP contribution in [0, 0.1) is 24.2 Å². The highest BCUT2D eigenvalue weighted by atomic mass is 16.5. The molecule has 0 aromatic carbocycles. The van der Waals surface area contributed by atoms with Crippen molar-refractivity contribution in [2.24, 2.45) is 17.3 Å². The molecule has 1 saturated heterocycles. The zero-order valence-corrected chi connectivity index (χ0v) is 18.2. The molecule has 7 heteroatoms. The van der Waals surface area contributed by atoms with Crippen LogP contribution in [0.4, 0.5) is 0 Å². The number of likely N-dealkylation sites (tertiary alicyclic amines) is 1. The molecule has 1 aromatic heterocycles. The Morgan fingerprint density at radius 2 is 1.97 bits per heavy atom. The highest BCUT2D eigenvalue weighted by Gasteiger charge is 2.58. The van der Waals surface area contributed by atoms with Crippen LogP contribution < -0.4 is 5.32 Å². The highest BCUT2D eigenvalue weighted by Crippen LogP contribution is 2.50. The van der Waals surface area contributed by atoms with Gasteiger partial charge in [-0.3, -0.25) is 9.59 Å². The van der Waals surface area contributed by atoms with E-state index in [-0.39, 0.29) is 40.5 Å². The van der Waals surface area contributed by atoms with Crippen LogP contribution in [-0.4, -0.2) is 46.0 Å². The molecule has 3 aliphatic rings. The number of carbonyl (C=O) groups is 2. The Hall–Kier alpha value is -1.92.